The van der Waals surface area contributed by atoms with Gasteiger partial charge in [-0.1, -0.05) is 0 Å². The Morgan fingerprint density at radius 1 is 1.54 bits per heavy atom. The Morgan fingerprint density at radius 2 is 2.23 bits per heavy atom. The van der Waals surface area contributed by atoms with E-state index in [2.05, 4.69) is 4.98 Å². The molecule has 0 saturated heterocycles. The van der Waals surface area contributed by atoms with Crippen molar-refractivity contribution in [3.63, 3.8) is 0 Å². The molecule has 0 unspecified atom stereocenters. The lowest BCUT2D eigenvalue weighted by Crippen LogP contribution is -2.30. The van der Waals surface area contributed by atoms with E-state index in [4.69, 9.17) is 5.73 Å². The molecule has 0 aliphatic rings. The van der Waals surface area contributed by atoms with Crippen LogP contribution in [0, 0.1) is 6.92 Å². The van der Waals surface area contributed by atoms with Gasteiger partial charge in [0.2, 0.25) is 0 Å². The number of hydrogen-bond donors (Lipinski definition) is 1. The van der Waals surface area contributed by atoms with Crippen LogP contribution in [0.25, 0.3) is 0 Å². The highest BCUT2D eigenvalue weighted by Crippen LogP contribution is 2.18. The monoisotopic (exact) mass is 186 g/mol. The number of alkyl halides is 2. The first-order chi connectivity index (χ1) is 6.03. The largest absolute Gasteiger partial charge is 0.325 e. The third-order valence-electron chi connectivity index (χ3n) is 1.72. The first kappa shape index (κ1) is 10.1. The van der Waals surface area contributed by atoms with Crippen LogP contribution in [0.3, 0.4) is 0 Å². The molecule has 0 saturated carbocycles. The molecule has 1 aromatic heterocycles. The number of pyridine rings is 1. The molecule has 0 aromatic carbocycles. The smallest absolute Gasteiger partial charge is 0.264 e. The summed E-state index contributed by atoms with van der Waals surface area (Å²) in [5, 5.41) is 0. The van der Waals surface area contributed by atoms with Crippen molar-refractivity contribution in [3.05, 3.63) is 29.6 Å². The maximum Gasteiger partial charge on any atom is 0.264 e. The van der Waals surface area contributed by atoms with Crippen molar-refractivity contribution in [2.45, 2.75) is 19.3 Å². The average molecular weight is 186 g/mol. The number of aryl methyl sites for hydroxylation is 1. The summed E-state index contributed by atoms with van der Waals surface area (Å²) in [6, 6.07) is 3.22. The average Bonchev–Trinajstić information content (AvgIpc) is 2.03. The Morgan fingerprint density at radius 3 is 2.77 bits per heavy atom. The third kappa shape index (κ3) is 3.06. The van der Waals surface area contributed by atoms with Crippen molar-refractivity contribution >= 4 is 0 Å². The molecule has 1 heterocycles. The molecule has 2 N–H and O–H groups in total. The molecule has 1 rings (SSSR count). The van der Waals surface area contributed by atoms with Crippen LogP contribution < -0.4 is 5.73 Å². The van der Waals surface area contributed by atoms with Crippen LogP contribution in [0.4, 0.5) is 8.78 Å². The standard InChI is InChI=1S/C9H12F2N2/c1-7-4-8(2-3-13-7)5-9(10,11)6-12/h2-4H,5-6,12H2,1H3. The molecule has 0 atom stereocenters. The van der Waals surface area contributed by atoms with Crippen LogP contribution in [0.5, 0.6) is 0 Å². The van der Waals surface area contributed by atoms with Crippen LogP contribution in [-0.4, -0.2) is 17.5 Å². The van der Waals surface area contributed by atoms with E-state index in [1.807, 2.05) is 0 Å². The summed E-state index contributed by atoms with van der Waals surface area (Å²) in [5.41, 5.74) is 6.24. The number of hydrogen-bond acceptors (Lipinski definition) is 2. The van der Waals surface area contributed by atoms with Crippen molar-refractivity contribution in [1.82, 2.24) is 4.98 Å². The summed E-state index contributed by atoms with van der Waals surface area (Å²) < 4.78 is 25.6. The van der Waals surface area contributed by atoms with Gasteiger partial charge in [0.05, 0.1) is 6.54 Å². The second kappa shape index (κ2) is 3.79. The summed E-state index contributed by atoms with van der Waals surface area (Å²) >= 11 is 0. The highest BCUT2D eigenvalue weighted by atomic mass is 19.3. The van der Waals surface area contributed by atoms with Crippen molar-refractivity contribution in [3.8, 4) is 0 Å². The normalized spacial score (nSPS) is 11.7. The van der Waals surface area contributed by atoms with Crippen molar-refractivity contribution in [2.24, 2.45) is 5.73 Å². The Balaban J connectivity index is 2.74. The molecule has 72 valence electrons. The second-order valence-electron chi connectivity index (χ2n) is 3.04. The molecule has 0 spiro atoms. The van der Waals surface area contributed by atoms with Gasteiger partial charge in [0.25, 0.3) is 5.92 Å². The minimum atomic E-state index is -2.81. The van der Waals surface area contributed by atoms with Gasteiger partial charge < -0.3 is 5.73 Å². The summed E-state index contributed by atoms with van der Waals surface area (Å²) in [6.45, 7) is 1.15. The van der Waals surface area contributed by atoms with E-state index < -0.39 is 12.5 Å². The Kier molecular flexibility index (Phi) is 2.93. The lowest BCUT2D eigenvalue weighted by Gasteiger charge is -2.13. The summed E-state index contributed by atoms with van der Waals surface area (Å²) in [5.74, 6) is -2.81. The molecule has 0 radical (unpaired) electrons. The van der Waals surface area contributed by atoms with Crippen molar-refractivity contribution in [2.75, 3.05) is 6.54 Å². The maximum absolute atomic E-state index is 12.8. The van der Waals surface area contributed by atoms with Crippen LogP contribution in [-0.2, 0) is 6.42 Å². The molecule has 13 heavy (non-hydrogen) atoms. The predicted octanol–water partition coefficient (Wildman–Crippen LogP) is 1.53. The predicted molar refractivity (Wildman–Crippen MR) is 46.7 cm³/mol. The van der Waals surface area contributed by atoms with Crippen LogP contribution in [0.15, 0.2) is 18.3 Å². The maximum atomic E-state index is 12.8. The Labute approximate surface area is 75.8 Å². The molecule has 2 nitrogen and oxygen atoms in total. The summed E-state index contributed by atoms with van der Waals surface area (Å²) in [7, 11) is 0. The Bertz CT molecular complexity index is 287. The molecule has 0 bridgehead atoms. The minimum absolute atomic E-state index is 0.313. The number of aromatic nitrogens is 1. The number of rotatable bonds is 3. The fourth-order valence-corrected chi connectivity index (χ4v) is 1.09. The van der Waals surface area contributed by atoms with Crippen LogP contribution in [0.2, 0.25) is 0 Å². The van der Waals surface area contributed by atoms with E-state index in [0.717, 1.165) is 5.69 Å². The minimum Gasteiger partial charge on any atom is -0.325 e. The quantitative estimate of drug-likeness (QED) is 0.777. The molecular weight excluding hydrogens is 174 g/mol. The number of halogens is 2. The van der Waals surface area contributed by atoms with Crippen molar-refractivity contribution in [1.29, 1.82) is 0 Å². The fraction of sp³-hybridized carbons (Fsp3) is 0.444. The first-order valence-corrected chi connectivity index (χ1v) is 4.03. The Hall–Kier alpha value is -1.03. The van der Waals surface area contributed by atoms with E-state index >= 15 is 0 Å². The van der Waals surface area contributed by atoms with Gasteiger partial charge in [-0.2, -0.15) is 0 Å². The zero-order chi connectivity index (χ0) is 9.90. The molecule has 4 heteroatoms. The van der Waals surface area contributed by atoms with Crippen LogP contribution >= 0.6 is 0 Å². The van der Waals surface area contributed by atoms with Gasteiger partial charge in [0, 0.05) is 18.3 Å². The van der Waals surface area contributed by atoms with Crippen molar-refractivity contribution < 1.29 is 8.78 Å². The zero-order valence-electron chi connectivity index (χ0n) is 7.43. The van der Waals surface area contributed by atoms with E-state index in [9.17, 15) is 8.78 Å². The van der Waals surface area contributed by atoms with Gasteiger partial charge in [0.15, 0.2) is 0 Å². The van der Waals surface area contributed by atoms with Gasteiger partial charge in [-0.3, -0.25) is 4.98 Å². The fourth-order valence-electron chi connectivity index (χ4n) is 1.09. The first-order valence-electron chi connectivity index (χ1n) is 4.03. The third-order valence-corrected chi connectivity index (χ3v) is 1.72. The number of nitrogens with two attached hydrogens (primary N) is 1. The molecule has 0 aliphatic carbocycles. The van der Waals surface area contributed by atoms with Gasteiger partial charge in [-0.15, -0.1) is 0 Å². The molecule has 0 fully saturated rings. The topological polar surface area (TPSA) is 38.9 Å². The second-order valence-corrected chi connectivity index (χ2v) is 3.04. The van der Waals surface area contributed by atoms with E-state index in [1.165, 1.54) is 6.20 Å². The zero-order valence-corrected chi connectivity index (χ0v) is 7.43. The van der Waals surface area contributed by atoms with Gasteiger partial charge in [-0.05, 0) is 24.6 Å². The molecular formula is C9H12F2N2. The number of nitrogens with zero attached hydrogens (tertiary/aromatic N) is 1. The SMILES string of the molecule is Cc1cc(CC(F)(F)CN)ccn1. The summed E-state index contributed by atoms with van der Waals surface area (Å²) in [4.78, 5) is 3.92. The molecule has 0 amide bonds. The van der Waals surface area contributed by atoms with E-state index in [-0.39, 0.29) is 6.42 Å². The van der Waals surface area contributed by atoms with E-state index in [0.29, 0.717) is 5.56 Å². The molecule has 1 aromatic rings. The van der Waals surface area contributed by atoms with Gasteiger partial charge >= 0.3 is 0 Å². The molecule has 0 aliphatic heterocycles. The highest BCUT2D eigenvalue weighted by Gasteiger charge is 2.26. The van der Waals surface area contributed by atoms with Crippen LogP contribution in [0.1, 0.15) is 11.3 Å². The summed E-state index contributed by atoms with van der Waals surface area (Å²) in [6.07, 6.45) is 1.21. The van der Waals surface area contributed by atoms with E-state index in [1.54, 1.807) is 19.1 Å². The highest BCUT2D eigenvalue weighted by molar-refractivity contribution is 5.16. The lowest BCUT2D eigenvalue weighted by atomic mass is 10.1. The van der Waals surface area contributed by atoms with Gasteiger partial charge in [0.1, 0.15) is 0 Å². The lowest BCUT2D eigenvalue weighted by molar-refractivity contribution is 0.0115. The van der Waals surface area contributed by atoms with Gasteiger partial charge in [-0.25, -0.2) is 8.78 Å².